The van der Waals surface area contributed by atoms with Crippen LogP contribution in [0.4, 0.5) is 0 Å². The van der Waals surface area contributed by atoms with Crippen molar-refractivity contribution in [2.75, 3.05) is 13.1 Å². The Hall–Kier alpha value is -1.36. The van der Waals surface area contributed by atoms with Crippen LogP contribution in [-0.4, -0.2) is 35.1 Å². The van der Waals surface area contributed by atoms with Gasteiger partial charge in [-0.2, -0.15) is 0 Å². The second-order valence-corrected chi connectivity index (χ2v) is 5.20. The summed E-state index contributed by atoms with van der Waals surface area (Å²) in [5.74, 6) is 1.71. The highest BCUT2D eigenvalue weighted by Crippen LogP contribution is 2.37. The van der Waals surface area contributed by atoms with Gasteiger partial charge >= 0.3 is 0 Å². The van der Waals surface area contributed by atoms with Gasteiger partial charge < -0.3 is 15.2 Å². The fourth-order valence-electron chi connectivity index (χ4n) is 3.10. The quantitative estimate of drug-likeness (QED) is 0.781. The number of nitrogens with two attached hydrogens (primary N) is 1. The zero-order valence-electron chi connectivity index (χ0n) is 9.93. The van der Waals surface area contributed by atoms with E-state index in [-0.39, 0.29) is 11.9 Å². The van der Waals surface area contributed by atoms with Gasteiger partial charge in [0, 0.05) is 25.2 Å². The smallest absolute Gasteiger partial charge is 0.276 e. The number of hydrogen-bond donors (Lipinski definition) is 1. The maximum atomic E-state index is 12.2. The molecule has 1 amide bonds. The summed E-state index contributed by atoms with van der Waals surface area (Å²) in [6.45, 7) is 3.39. The van der Waals surface area contributed by atoms with Gasteiger partial charge in [-0.1, -0.05) is 5.16 Å². The average Bonchev–Trinajstić information content (AvgIpc) is 2.96. The van der Waals surface area contributed by atoms with Crippen LogP contribution in [0.2, 0.25) is 0 Å². The summed E-state index contributed by atoms with van der Waals surface area (Å²) in [6.07, 6.45) is 2.24. The highest BCUT2D eigenvalue weighted by atomic mass is 16.5. The highest BCUT2D eigenvalue weighted by Gasteiger charge is 2.42. The number of carbonyl (C=O) groups excluding carboxylic acids is 1. The van der Waals surface area contributed by atoms with E-state index in [9.17, 15) is 4.79 Å². The molecule has 1 aromatic heterocycles. The predicted molar refractivity (Wildman–Crippen MR) is 61.3 cm³/mol. The zero-order valence-corrected chi connectivity index (χ0v) is 9.93. The van der Waals surface area contributed by atoms with Gasteiger partial charge in [-0.05, 0) is 31.6 Å². The lowest BCUT2D eigenvalue weighted by Gasteiger charge is -2.17. The van der Waals surface area contributed by atoms with Crippen molar-refractivity contribution in [3.63, 3.8) is 0 Å². The second-order valence-electron chi connectivity index (χ2n) is 5.20. The van der Waals surface area contributed by atoms with Crippen molar-refractivity contribution in [1.29, 1.82) is 0 Å². The lowest BCUT2D eigenvalue weighted by atomic mass is 9.98. The molecule has 2 fully saturated rings. The van der Waals surface area contributed by atoms with Gasteiger partial charge in [-0.25, -0.2) is 0 Å². The van der Waals surface area contributed by atoms with Gasteiger partial charge in [0.1, 0.15) is 5.76 Å². The molecule has 3 rings (SSSR count). The Morgan fingerprint density at radius 1 is 1.53 bits per heavy atom. The standard InChI is InChI=1S/C12H17N3O2/c1-7-4-11(14-17-7)12(16)15-5-8-2-3-10(13)9(8)6-15/h4,8-10H,2-3,5-6,13H2,1H3/t8-,9-,10+/m0/s1. The maximum Gasteiger partial charge on any atom is 0.276 e. The van der Waals surface area contributed by atoms with Crippen molar-refractivity contribution < 1.29 is 9.32 Å². The number of carbonyl (C=O) groups is 1. The first-order valence-electron chi connectivity index (χ1n) is 6.13. The number of rotatable bonds is 1. The normalized spacial score (nSPS) is 31.9. The summed E-state index contributed by atoms with van der Waals surface area (Å²) in [4.78, 5) is 14.0. The van der Waals surface area contributed by atoms with Crippen molar-refractivity contribution in [2.45, 2.75) is 25.8 Å². The summed E-state index contributed by atoms with van der Waals surface area (Å²) in [5.41, 5.74) is 6.47. The third kappa shape index (κ3) is 1.74. The van der Waals surface area contributed by atoms with E-state index in [1.165, 1.54) is 0 Å². The van der Waals surface area contributed by atoms with Crippen molar-refractivity contribution in [3.05, 3.63) is 17.5 Å². The number of aryl methyl sites for hydroxylation is 1. The molecule has 2 aliphatic rings. The molecule has 1 saturated heterocycles. The van der Waals surface area contributed by atoms with E-state index in [2.05, 4.69) is 5.16 Å². The Morgan fingerprint density at radius 2 is 2.35 bits per heavy atom. The summed E-state index contributed by atoms with van der Waals surface area (Å²) in [7, 11) is 0. The third-order valence-electron chi connectivity index (χ3n) is 4.05. The fourth-order valence-corrected chi connectivity index (χ4v) is 3.10. The Kier molecular flexibility index (Phi) is 2.43. The molecule has 2 heterocycles. The number of aromatic nitrogens is 1. The van der Waals surface area contributed by atoms with Gasteiger partial charge in [-0.3, -0.25) is 4.79 Å². The van der Waals surface area contributed by atoms with E-state index in [0.717, 1.165) is 25.9 Å². The molecule has 5 nitrogen and oxygen atoms in total. The van der Waals surface area contributed by atoms with Crippen LogP contribution in [0.3, 0.4) is 0 Å². The van der Waals surface area contributed by atoms with Crippen molar-refractivity contribution >= 4 is 5.91 Å². The Bertz CT molecular complexity index is 443. The van der Waals surface area contributed by atoms with E-state index in [1.54, 1.807) is 13.0 Å². The number of likely N-dealkylation sites (tertiary alicyclic amines) is 1. The van der Waals surface area contributed by atoms with Gasteiger partial charge in [0.2, 0.25) is 0 Å². The van der Waals surface area contributed by atoms with E-state index in [0.29, 0.717) is 23.3 Å². The zero-order chi connectivity index (χ0) is 12.0. The van der Waals surface area contributed by atoms with E-state index < -0.39 is 0 Å². The Labute approximate surface area is 99.9 Å². The number of nitrogens with zero attached hydrogens (tertiary/aromatic N) is 2. The Balaban J connectivity index is 1.73. The minimum Gasteiger partial charge on any atom is -0.361 e. The molecular formula is C12H17N3O2. The summed E-state index contributed by atoms with van der Waals surface area (Å²) >= 11 is 0. The van der Waals surface area contributed by atoms with Crippen LogP contribution in [0.5, 0.6) is 0 Å². The van der Waals surface area contributed by atoms with Crippen molar-refractivity contribution in [3.8, 4) is 0 Å². The van der Waals surface area contributed by atoms with Gasteiger partial charge in [-0.15, -0.1) is 0 Å². The lowest BCUT2D eigenvalue weighted by Crippen LogP contribution is -2.33. The Morgan fingerprint density at radius 3 is 3.00 bits per heavy atom. The number of hydrogen-bond acceptors (Lipinski definition) is 4. The molecule has 92 valence electrons. The minimum absolute atomic E-state index is 0.0246. The van der Waals surface area contributed by atoms with Gasteiger partial charge in [0.15, 0.2) is 5.69 Å². The van der Waals surface area contributed by atoms with Crippen LogP contribution in [0.15, 0.2) is 10.6 Å². The first-order chi connectivity index (χ1) is 8.15. The molecule has 0 unspecified atom stereocenters. The van der Waals surface area contributed by atoms with E-state index in [4.69, 9.17) is 10.3 Å². The topological polar surface area (TPSA) is 72.4 Å². The van der Waals surface area contributed by atoms with E-state index in [1.807, 2.05) is 4.90 Å². The second kappa shape index (κ2) is 3.84. The molecule has 0 aromatic carbocycles. The van der Waals surface area contributed by atoms with Gasteiger partial charge in [0.25, 0.3) is 5.91 Å². The average molecular weight is 235 g/mol. The van der Waals surface area contributed by atoms with Crippen LogP contribution in [0.25, 0.3) is 0 Å². The molecule has 17 heavy (non-hydrogen) atoms. The molecule has 1 aromatic rings. The molecular weight excluding hydrogens is 218 g/mol. The lowest BCUT2D eigenvalue weighted by molar-refractivity contribution is 0.0769. The van der Waals surface area contributed by atoms with Gasteiger partial charge in [0.05, 0.1) is 0 Å². The third-order valence-corrected chi connectivity index (χ3v) is 4.05. The van der Waals surface area contributed by atoms with Crippen LogP contribution < -0.4 is 5.73 Å². The molecule has 0 bridgehead atoms. The van der Waals surface area contributed by atoms with Crippen LogP contribution in [-0.2, 0) is 0 Å². The molecule has 3 atom stereocenters. The SMILES string of the molecule is Cc1cc(C(=O)N2C[C@@H]3CC[C@@H](N)[C@H]3C2)no1. The molecule has 1 aliphatic heterocycles. The largest absolute Gasteiger partial charge is 0.361 e. The molecule has 1 aliphatic carbocycles. The van der Waals surface area contributed by atoms with Crippen LogP contribution >= 0.6 is 0 Å². The van der Waals surface area contributed by atoms with Crippen molar-refractivity contribution in [2.24, 2.45) is 17.6 Å². The number of fused-ring (bicyclic) bond motifs is 1. The maximum absolute atomic E-state index is 12.2. The molecule has 5 heteroatoms. The van der Waals surface area contributed by atoms with Crippen LogP contribution in [0, 0.1) is 18.8 Å². The summed E-state index contributed by atoms with van der Waals surface area (Å²) in [5, 5.41) is 3.78. The monoisotopic (exact) mass is 235 g/mol. The fraction of sp³-hybridized carbons (Fsp3) is 0.667. The minimum atomic E-state index is -0.0246. The first-order valence-corrected chi connectivity index (χ1v) is 6.13. The predicted octanol–water partition coefficient (Wildman–Crippen LogP) is 0.792. The molecule has 0 radical (unpaired) electrons. The highest BCUT2D eigenvalue weighted by molar-refractivity contribution is 5.92. The molecule has 0 spiro atoms. The van der Waals surface area contributed by atoms with Crippen LogP contribution in [0.1, 0.15) is 29.1 Å². The number of amides is 1. The summed E-state index contributed by atoms with van der Waals surface area (Å²) in [6, 6.07) is 1.95. The van der Waals surface area contributed by atoms with Crippen molar-refractivity contribution in [1.82, 2.24) is 10.1 Å². The summed E-state index contributed by atoms with van der Waals surface area (Å²) < 4.78 is 4.94. The molecule has 2 N–H and O–H groups in total. The molecule has 1 saturated carbocycles. The van der Waals surface area contributed by atoms with E-state index >= 15 is 0 Å². The first kappa shape index (κ1) is 10.8.